The van der Waals surface area contributed by atoms with Crippen LogP contribution in [0.1, 0.15) is 37.6 Å². The summed E-state index contributed by atoms with van der Waals surface area (Å²) in [6.07, 6.45) is 0.893. The molecule has 1 saturated heterocycles. The summed E-state index contributed by atoms with van der Waals surface area (Å²) in [6, 6.07) is 11.0. The Labute approximate surface area is 188 Å². The number of hydrogen-bond donors (Lipinski definition) is 1. The van der Waals surface area contributed by atoms with Gasteiger partial charge in [0.1, 0.15) is 0 Å². The summed E-state index contributed by atoms with van der Waals surface area (Å²) in [5, 5.41) is 10.9. The topological polar surface area (TPSA) is 113 Å². The first-order valence-electron chi connectivity index (χ1n) is 10.4. The molecule has 2 aromatic rings. The van der Waals surface area contributed by atoms with Crippen LogP contribution in [-0.4, -0.2) is 60.8 Å². The third-order valence-corrected chi connectivity index (χ3v) is 6.83. The van der Waals surface area contributed by atoms with Gasteiger partial charge in [0.25, 0.3) is 21.6 Å². The number of carbonyl (C=O) groups is 1. The Bertz CT molecular complexity index is 1090. The number of benzene rings is 2. The van der Waals surface area contributed by atoms with E-state index in [9.17, 15) is 23.3 Å². The number of nitro benzene ring substituents is 1. The molecule has 32 heavy (non-hydrogen) atoms. The van der Waals surface area contributed by atoms with Crippen molar-refractivity contribution in [2.24, 2.45) is 0 Å². The fourth-order valence-corrected chi connectivity index (χ4v) is 4.73. The van der Waals surface area contributed by atoms with Gasteiger partial charge in [-0.3, -0.25) is 24.5 Å². The highest BCUT2D eigenvalue weighted by molar-refractivity contribution is 7.92. The Balaban J connectivity index is 1.69. The molecule has 1 aliphatic heterocycles. The van der Waals surface area contributed by atoms with Crippen molar-refractivity contribution in [1.82, 2.24) is 9.80 Å². The Morgan fingerprint density at radius 2 is 1.72 bits per heavy atom. The molecule has 1 N–H and O–H groups in total. The van der Waals surface area contributed by atoms with Crippen molar-refractivity contribution in [2.75, 3.05) is 30.9 Å². The standard InChI is InChI=1S/C22H28N4O5S/c1-22(2,3)25-13-5-12-24(14-15-25)21(27)17-8-10-18(11-9-17)23-32(30,31)20-7-4-6-19(16-20)26(28)29/h4,6-11,16,23H,5,12-15H2,1-3H3. The first-order valence-corrected chi connectivity index (χ1v) is 11.9. The van der Waals surface area contributed by atoms with E-state index in [0.717, 1.165) is 25.6 Å². The molecule has 1 aliphatic rings. The molecule has 1 heterocycles. The molecule has 9 nitrogen and oxygen atoms in total. The fraction of sp³-hybridized carbons (Fsp3) is 0.409. The van der Waals surface area contributed by atoms with E-state index < -0.39 is 14.9 Å². The molecule has 1 fully saturated rings. The van der Waals surface area contributed by atoms with Crippen LogP contribution in [0.15, 0.2) is 53.4 Å². The van der Waals surface area contributed by atoms with Gasteiger partial charge in [0, 0.05) is 55.1 Å². The lowest BCUT2D eigenvalue weighted by molar-refractivity contribution is -0.385. The Morgan fingerprint density at radius 1 is 1.03 bits per heavy atom. The molecule has 0 unspecified atom stereocenters. The number of nitro groups is 1. The van der Waals surface area contributed by atoms with Crippen molar-refractivity contribution in [1.29, 1.82) is 0 Å². The number of amides is 1. The zero-order chi connectivity index (χ0) is 23.5. The summed E-state index contributed by atoms with van der Waals surface area (Å²) in [4.78, 5) is 27.2. The van der Waals surface area contributed by atoms with E-state index in [2.05, 4.69) is 30.4 Å². The molecular formula is C22H28N4O5S. The number of anilines is 1. The molecule has 2 aromatic carbocycles. The predicted molar refractivity (Wildman–Crippen MR) is 122 cm³/mol. The molecule has 0 spiro atoms. The molecule has 0 aromatic heterocycles. The van der Waals surface area contributed by atoms with Gasteiger partial charge in [-0.2, -0.15) is 0 Å². The van der Waals surface area contributed by atoms with Gasteiger partial charge in [-0.05, 0) is 57.5 Å². The number of hydrogen-bond acceptors (Lipinski definition) is 6. The average Bonchev–Trinajstić information content (AvgIpc) is 3.00. The van der Waals surface area contributed by atoms with E-state index in [1.54, 1.807) is 12.1 Å². The van der Waals surface area contributed by atoms with Gasteiger partial charge in [0.05, 0.1) is 9.82 Å². The van der Waals surface area contributed by atoms with Crippen LogP contribution in [0.4, 0.5) is 11.4 Å². The second-order valence-electron chi connectivity index (χ2n) is 8.74. The lowest BCUT2D eigenvalue weighted by Gasteiger charge is -2.34. The first kappa shape index (κ1) is 23.7. The van der Waals surface area contributed by atoms with Gasteiger partial charge < -0.3 is 4.90 Å². The SMILES string of the molecule is CC(C)(C)N1CCCN(C(=O)c2ccc(NS(=O)(=O)c3cccc([N+](=O)[O-])c3)cc2)CC1. The highest BCUT2D eigenvalue weighted by Gasteiger charge is 2.26. The first-order chi connectivity index (χ1) is 15.0. The second-order valence-corrected chi connectivity index (χ2v) is 10.4. The number of nitrogens with zero attached hydrogens (tertiary/aromatic N) is 3. The minimum atomic E-state index is -4.00. The van der Waals surface area contributed by atoms with Gasteiger partial charge in [-0.15, -0.1) is 0 Å². The highest BCUT2D eigenvalue weighted by Crippen LogP contribution is 2.22. The number of rotatable bonds is 5. The average molecular weight is 461 g/mol. The smallest absolute Gasteiger partial charge is 0.270 e. The van der Waals surface area contributed by atoms with Gasteiger partial charge in [-0.1, -0.05) is 6.07 Å². The fourth-order valence-electron chi connectivity index (χ4n) is 3.63. The van der Waals surface area contributed by atoms with Gasteiger partial charge in [0.2, 0.25) is 0 Å². The zero-order valence-electron chi connectivity index (χ0n) is 18.4. The molecule has 3 rings (SSSR count). The normalized spacial score (nSPS) is 15.8. The van der Waals surface area contributed by atoms with Crippen LogP contribution in [0.2, 0.25) is 0 Å². The van der Waals surface area contributed by atoms with Crippen LogP contribution in [0.5, 0.6) is 0 Å². The van der Waals surface area contributed by atoms with E-state index in [-0.39, 0.29) is 27.7 Å². The van der Waals surface area contributed by atoms with Gasteiger partial charge >= 0.3 is 0 Å². The maximum atomic E-state index is 12.9. The maximum Gasteiger partial charge on any atom is 0.270 e. The summed E-state index contributed by atoms with van der Waals surface area (Å²) in [5.74, 6) is -0.0890. The third-order valence-electron chi connectivity index (χ3n) is 5.45. The van der Waals surface area contributed by atoms with Crippen molar-refractivity contribution in [3.8, 4) is 0 Å². The van der Waals surface area contributed by atoms with Crippen LogP contribution in [0.25, 0.3) is 0 Å². The summed E-state index contributed by atoms with van der Waals surface area (Å²) >= 11 is 0. The Morgan fingerprint density at radius 3 is 2.34 bits per heavy atom. The van der Waals surface area contributed by atoms with Crippen molar-refractivity contribution < 1.29 is 18.1 Å². The molecule has 0 saturated carbocycles. The minimum Gasteiger partial charge on any atom is -0.337 e. The molecule has 1 amide bonds. The van der Waals surface area contributed by atoms with Crippen LogP contribution >= 0.6 is 0 Å². The predicted octanol–water partition coefficient (Wildman–Crippen LogP) is 3.34. The van der Waals surface area contributed by atoms with Gasteiger partial charge in [0.15, 0.2) is 0 Å². The van der Waals surface area contributed by atoms with Gasteiger partial charge in [-0.25, -0.2) is 8.42 Å². The number of carbonyl (C=O) groups excluding carboxylic acids is 1. The number of nitrogens with one attached hydrogen (secondary N) is 1. The molecule has 10 heteroatoms. The van der Waals surface area contributed by atoms with Crippen molar-refractivity contribution in [3.63, 3.8) is 0 Å². The monoisotopic (exact) mass is 460 g/mol. The van der Waals surface area contributed by atoms with Crippen molar-refractivity contribution in [2.45, 2.75) is 37.6 Å². The highest BCUT2D eigenvalue weighted by atomic mass is 32.2. The molecular weight excluding hydrogens is 432 g/mol. The lowest BCUT2D eigenvalue weighted by atomic mass is 10.1. The molecule has 0 radical (unpaired) electrons. The van der Waals surface area contributed by atoms with E-state index in [0.29, 0.717) is 18.7 Å². The minimum absolute atomic E-state index is 0.0526. The maximum absolute atomic E-state index is 12.9. The third kappa shape index (κ3) is 5.63. The summed E-state index contributed by atoms with van der Waals surface area (Å²) in [5.41, 5.74) is 0.489. The largest absolute Gasteiger partial charge is 0.337 e. The summed E-state index contributed by atoms with van der Waals surface area (Å²) in [7, 11) is -4.00. The van der Waals surface area contributed by atoms with Crippen molar-refractivity contribution >= 4 is 27.3 Å². The molecule has 0 bridgehead atoms. The summed E-state index contributed by atoms with van der Waals surface area (Å²) < 4.78 is 27.6. The van der Waals surface area contributed by atoms with E-state index in [1.165, 1.54) is 30.3 Å². The quantitative estimate of drug-likeness (QED) is 0.541. The molecule has 0 atom stereocenters. The Hall–Kier alpha value is -2.98. The van der Waals surface area contributed by atoms with Crippen LogP contribution in [-0.2, 0) is 10.0 Å². The van der Waals surface area contributed by atoms with E-state index >= 15 is 0 Å². The van der Waals surface area contributed by atoms with Crippen LogP contribution < -0.4 is 4.72 Å². The number of non-ortho nitro benzene ring substituents is 1. The Kier molecular flexibility index (Phi) is 6.85. The summed E-state index contributed by atoms with van der Waals surface area (Å²) in [6.45, 7) is 9.54. The zero-order valence-corrected chi connectivity index (χ0v) is 19.3. The van der Waals surface area contributed by atoms with E-state index in [4.69, 9.17) is 0 Å². The lowest BCUT2D eigenvalue weighted by Crippen LogP contribution is -2.44. The van der Waals surface area contributed by atoms with E-state index in [1.807, 2.05) is 4.90 Å². The number of sulfonamides is 1. The van der Waals surface area contributed by atoms with Crippen LogP contribution in [0, 0.1) is 10.1 Å². The second kappa shape index (κ2) is 9.25. The van der Waals surface area contributed by atoms with Crippen molar-refractivity contribution in [3.05, 3.63) is 64.2 Å². The molecule has 172 valence electrons. The van der Waals surface area contributed by atoms with Crippen LogP contribution in [0.3, 0.4) is 0 Å². The molecule has 0 aliphatic carbocycles.